The number of amides is 1. The van der Waals surface area contributed by atoms with E-state index in [2.05, 4.69) is 10.0 Å². The Labute approximate surface area is 152 Å². The molecule has 0 unspecified atom stereocenters. The van der Waals surface area contributed by atoms with Crippen LogP contribution in [0.25, 0.3) is 0 Å². The van der Waals surface area contributed by atoms with Crippen molar-refractivity contribution in [1.82, 2.24) is 5.32 Å². The Morgan fingerprint density at radius 1 is 1.16 bits per heavy atom. The average molecular weight is 383 g/mol. The standard InChI is InChI=1S/C17H19ClN2O4S/c1-3-10-19-17(21)12-4-9-15(18)16(11-12)25(22,23)20-13-5-7-14(24-2)8-6-13/h4-9,11,20H,3,10H2,1-2H3,(H,19,21). The van der Waals surface area contributed by atoms with Gasteiger partial charge in [0.1, 0.15) is 10.6 Å². The summed E-state index contributed by atoms with van der Waals surface area (Å²) >= 11 is 6.03. The Kier molecular flexibility index (Phi) is 6.27. The molecule has 0 bridgehead atoms. The molecule has 0 aliphatic heterocycles. The maximum Gasteiger partial charge on any atom is 0.263 e. The van der Waals surface area contributed by atoms with Crippen LogP contribution in [0.5, 0.6) is 5.75 Å². The monoisotopic (exact) mass is 382 g/mol. The zero-order chi connectivity index (χ0) is 18.4. The third-order valence-corrected chi connectivity index (χ3v) is 5.22. The second-order valence-electron chi connectivity index (χ2n) is 5.24. The number of carbonyl (C=O) groups excluding carboxylic acids is 1. The van der Waals surface area contributed by atoms with Gasteiger partial charge < -0.3 is 10.1 Å². The SMILES string of the molecule is CCCNC(=O)c1ccc(Cl)c(S(=O)(=O)Nc2ccc(OC)cc2)c1. The Morgan fingerprint density at radius 3 is 2.44 bits per heavy atom. The van der Waals surface area contributed by atoms with Crippen molar-refractivity contribution >= 4 is 33.2 Å². The maximum atomic E-state index is 12.6. The number of nitrogens with one attached hydrogen (secondary N) is 2. The summed E-state index contributed by atoms with van der Waals surface area (Å²) < 4.78 is 32.7. The average Bonchev–Trinajstić information content (AvgIpc) is 2.60. The zero-order valence-corrected chi connectivity index (χ0v) is 15.4. The fourth-order valence-electron chi connectivity index (χ4n) is 2.06. The molecule has 0 saturated carbocycles. The highest BCUT2D eigenvalue weighted by molar-refractivity contribution is 7.92. The second-order valence-corrected chi connectivity index (χ2v) is 7.29. The first kappa shape index (κ1) is 19.1. The smallest absolute Gasteiger partial charge is 0.263 e. The maximum absolute atomic E-state index is 12.6. The number of benzene rings is 2. The number of ether oxygens (including phenoxy) is 1. The van der Waals surface area contributed by atoms with Crippen molar-refractivity contribution in [2.24, 2.45) is 0 Å². The lowest BCUT2D eigenvalue weighted by atomic mass is 10.2. The predicted molar refractivity (Wildman–Crippen MR) is 97.9 cm³/mol. The molecule has 2 N–H and O–H groups in total. The highest BCUT2D eigenvalue weighted by Crippen LogP contribution is 2.26. The number of anilines is 1. The van der Waals surface area contributed by atoms with Gasteiger partial charge in [0.2, 0.25) is 0 Å². The molecule has 0 spiro atoms. The van der Waals surface area contributed by atoms with Crippen LogP contribution >= 0.6 is 11.6 Å². The van der Waals surface area contributed by atoms with E-state index in [0.29, 0.717) is 18.0 Å². The quantitative estimate of drug-likeness (QED) is 0.769. The third-order valence-electron chi connectivity index (χ3n) is 3.36. The van der Waals surface area contributed by atoms with E-state index in [1.54, 1.807) is 24.3 Å². The number of halogens is 1. The summed E-state index contributed by atoms with van der Waals surface area (Å²) in [5.41, 5.74) is 0.589. The highest BCUT2D eigenvalue weighted by atomic mass is 35.5. The number of hydrogen-bond donors (Lipinski definition) is 2. The zero-order valence-electron chi connectivity index (χ0n) is 13.9. The van der Waals surface area contributed by atoms with Crippen LogP contribution in [0.15, 0.2) is 47.4 Å². The van der Waals surface area contributed by atoms with Crippen molar-refractivity contribution in [3.8, 4) is 5.75 Å². The molecule has 0 aliphatic carbocycles. The molecule has 0 heterocycles. The lowest BCUT2D eigenvalue weighted by molar-refractivity contribution is 0.0953. The molecule has 134 valence electrons. The van der Waals surface area contributed by atoms with Gasteiger partial charge in [0.05, 0.1) is 12.1 Å². The highest BCUT2D eigenvalue weighted by Gasteiger charge is 2.20. The van der Waals surface area contributed by atoms with Crippen LogP contribution in [-0.4, -0.2) is 28.0 Å². The van der Waals surface area contributed by atoms with Crippen LogP contribution in [0.4, 0.5) is 5.69 Å². The van der Waals surface area contributed by atoms with E-state index < -0.39 is 10.0 Å². The van der Waals surface area contributed by atoms with Crippen molar-refractivity contribution in [1.29, 1.82) is 0 Å². The van der Waals surface area contributed by atoms with Gasteiger partial charge in [-0.25, -0.2) is 8.42 Å². The summed E-state index contributed by atoms with van der Waals surface area (Å²) in [7, 11) is -2.42. The van der Waals surface area contributed by atoms with Crippen LogP contribution in [0.2, 0.25) is 5.02 Å². The van der Waals surface area contributed by atoms with Gasteiger partial charge in [-0.15, -0.1) is 0 Å². The summed E-state index contributed by atoms with van der Waals surface area (Å²) in [6.45, 7) is 2.43. The second kappa shape index (κ2) is 8.22. The molecule has 6 nitrogen and oxygen atoms in total. The summed E-state index contributed by atoms with van der Waals surface area (Å²) in [5, 5.41) is 2.73. The molecule has 0 aliphatic rings. The van der Waals surface area contributed by atoms with E-state index in [1.807, 2.05) is 6.92 Å². The van der Waals surface area contributed by atoms with Gasteiger partial charge in [0, 0.05) is 17.8 Å². The van der Waals surface area contributed by atoms with Crippen molar-refractivity contribution in [3.63, 3.8) is 0 Å². The van der Waals surface area contributed by atoms with Gasteiger partial charge in [0.15, 0.2) is 0 Å². The minimum absolute atomic E-state index is 0.0352. The first-order valence-electron chi connectivity index (χ1n) is 7.62. The Bertz CT molecular complexity index is 851. The molecule has 8 heteroatoms. The van der Waals surface area contributed by atoms with Gasteiger partial charge in [-0.1, -0.05) is 18.5 Å². The van der Waals surface area contributed by atoms with Gasteiger partial charge in [-0.05, 0) is 48.9 Å². The van der Waals surface area contributed by atoms with Crippen LogP contribution in [0, 0.1) is 0 Å². The Hall–Kier alpha value is -2.25. The molecule has 1 amide bonds. The van der Waals surface area contributed by atoms with E-state index in [9.17, 15) is 13.2 Å². The summed E-state index contributed by atoms with van der Waals surface area (Å²) in [4.78, 5) is 11.9. The van der Waals surface area contributed by atoms with E-state index in [1.165, 1.54) is 25.3 Å². The van der Waals surface area contributed by atoms with E-state index in [0.717, 1.165) is 6.42 Å². The minimum atomic E-state index is -3.94. The molecule has 0 saturated heterocycles. The number of methoxy groups -OCH3 is 1. The van der Waals surface area contributed by atoms with Crippen LogP contribution in [0.1, 0.15) is 23.7 Å². The van der Waals surface area contributed by atoms with Gasteiger partial charge in [-0.2, -0.15) is 0 Å². The number of rotatable bonds is 7. The largest absolute Gasteiger partial charge is 0.497 e. The van der Waals surface area contributed by atoms with Gasteiger partial charge >= 0.3 is 0 Å². The van der Waals surface area contributed by atoms with Crippen LogP contribution < -0.4 is 14.8 Å². The van der Waals surface area contributed by atoms with Gasteiger partial charge in [0.25, 0.3) is 15.9 Å². The molecular formula is C17H19ClN2O4S. The Balaban J connectivity index is 2.29. The molecule has 2 aromatic rings. The molecule has 25 heavy (non-hydrogen) atoms. The lowest BCUT2D eigenvalue weighted by Gasteiger charge is -2.11. The predicted octanol–water partition coefficient (Wildman–Crippen LogP) is 3.29. The number of carbonyl (C=O) groups is 1. The van der Waals surface area contributed by atoms with E-state index >= 15 is 0 Å². The lowest BCUT2D eigenvalue weighted by Crippen LogP contribution is -2.24. The van der Waals surface area contributed by atoms with E-state index in [-0.39, 0.29) is 21.4 Å². The van der Waals surface area contributed by atoms with Gasteiger partial charge in [-0.3, -0.25) is 9.52 Å². The van der Waals surface area contributed by atoms with Crippen molar-refractivity contribution in [2.45, 2.75) is 18.2 Å². The fourth-order valence-corrected chi connectivity index (χ4v) is 3.65. The van der Waals surface area contributed by atoms with Crippen molar-refractivity contribution in [3.05, 3.63) is 53.1 Å². The van der Waals surface area contributed by atoms with Crippen LogP contribution in [0.3, 0.4) is 0 Å². The normalized spacial score (nSPS) is 11.0. The molecule has 0 aromatic heterocycles. The first-order chi connectivity index (χ1) is 11.9. The molecule has 0 atom stereocenters. The third kappa shape index (κ3) is 4.87. The molecule has 2 rings (SSSR count). The molecular weight excluding hydrogens is 364 g/mol. The fraction of sp³-hybridized carbons (Fsp3) is 0.235. The molecule has 0 radical (unpaired) electrons. The van der Waals surface area contributed by atoms with Crippen LogP contribution in [-0.2, 0) is 10.0 Å². The molecule has 2 aromatic carbocycles. The van der Waals surface area contributed by atoms with E-state index in [4.69, 9.17) is 16.3 Å². The number of hydrogen-bond acceptors (Lipinski definition) is 4. The summed E-state index contributed by atoms with van der Waals surface area (Å²) in [6, 6.07) is 10.6. The topological polar surface area (TPSA) is 84.5 Å². The Morgan fingerprint density at radius 2 is 1.84 bits per heavy atom. The summed E-state index contributed by atoms with van der Waals surface area (Å²) in [5.74, 6) is 0.259. The number of sulfonamides is 1. The summed E-state index contributed by atoms with van der Waals surface area (Å²) in [6.07, 6.45) is 0.781. The molecule has 0 fully saturated rings. The van der Waals surface area contributed by atoms with Crippen molar-refractivity contribution < 1.29 is 17.9 Å². The minimum Gasteiger partial charge on any atom is -0.497 e. The first-order valence-corrected chi connectivity index (χ1v) is 9.48. The van der Waals surface area contributed by atoms with Crippen molar-refractivity contribution in [2.75, 3.05) is 18.4 Å².